The summed E-state index contributed by atoms with van der Waals surface area (Å²) in [5, 5.41) is 9.57. The number of nitrogens with zero attached hydrogens (tertiary/aromatic N) is 2. The van der Waals surface area contributed by atoms with Gasteiger partial charge in [-0.2, -0.15) is 0 Å². The van der Waals surface area contributed by atoms with Gasteiger partial charge >= 0.3 is 12.1 Å². The van der Waals surface area contributed by atoms with Crippen LogP contribution in [0.15, 0.2) is 54.6 Å². The van der Waals surface area contributed by atoms with Gasteiger partial charge in [0.2, 0.25) is 0 Å². The van der Waals surface area contributed by atoms with E-state index in [1.165, 1.54) is 18.2 Å². The number of hydrogen-bond donors (Lipinski definition) is 1. The van der Waals surface area contributed by atoms with E-state index in [1.54, 1.807) is 17.0 Å². The Balaban J connectivity index is 1.24. The fraction of sp³-hybridized carbons (Fsp3) is 0.286. The van der Waals surface area contributed by atoms with Gasteiger partial charge in [-0.3, -0.25) is 9.80 Å². The molecule has 0 radical (unpaired) electrons. The van der Waals surface area contributed by atoms with E-state index in [2.05, 4.69) is 4.90 Å². The molecule has 6 nitrogen and oxygen atoms in total. The second kappa shape index (κ2) is 9.76. The number of aryl methyl sites for hydroxylation is 1. The normalized spacial score (nSPS) is 17.3. The summed E-state index contributed by atoms with van der Waals surface area (Å²) in [4.78, 5) is 27.5. The van der Waals surface area contributed by atoms with E-state index in [0.717, 1.165) is 36.3 Å². The Morgan fingerprint density at radius 2 is 1.76 bits per heavy atom. The monoisotopic (exact) mass is 526 g/mol. The van der Waals surface area contributed by atoms with E-state index in [-0.39, 0.29) is 5.56 Å². The van der Waals surface area contributed by atoms with Crippen LogP contribution in [0.2, 0.25) is 5.02 Å². The number of ether oxygens (including phenoxy) is 1. The molecule has 0 bridgehead atoms. The highest BCUT2D eigenvalue weighted by Crippen LogP contribution is 2.37. The van der Waals surface area contributed by atoms with E-state index < -0.39 is 29.3 Å². The summed E-state index contributed by atoms with van der Waals surface area (Å²) in [6.45, 7) is 4.41. The van der Waals surface area contributed by atoms with Crippen molar-refractivity contribution < 1.29 is 28.2 Å². The van der Waals surface area contributed by atoms with Crippen molar-refractivity contribution in [2.45, 2.75) is 31.9 Å². The van der Waals surface area contributed by atoms with Crippen molar-refractivity contribution in [3.63, 3.8) is 0 Å². The van der Waals surface area contributed by atoms with Crippen molar-refractivity contribution in [1.82, 2.24) is 4.90 Å². The molecule has 0 unspecified atom stereocenters. The lowest BCUT2D eigenvalue weighted by Crippen LogP contribution is -2.46. The number of halogens is 3. The summed E-state index contributed by atoms with van der Waals surface area (Å²) < 4.78 is 32.9. The number of anilines is 1. The molecule has 37 heavy (non-hydrogen) atoms. The fourth-order valence-corrected chi connectivity index (χ4v) is 5.56. The van der Waals surface area contributed by atoms with Crippen LogP contribution in [0.1, 0.15) is 34.3 Å². The number of carboxylic acid groups (broad SMARTS) is 1. The van der Waals surface area contributed by atoms with Crippen LogP contribution in [0.25, 0.3) is 11.1 Å². The lowest BCUT2D eigenvalue weighted by Gasteiger charge is -2.37. The van der Waals surface area contributed by atoms with E-state index in [1.807, 2.05) is 19.1 Å². The molecule has 3 aromatic carbocycles. The largest absolute Gasteiger partial charge is 0.478 e. The molecule has 2 heterocycles. The predicted octanol–water partition coefficient (Wildman–Crippen LogP) is 6.28. The maximum atomic E-state index is 13.8. The van der Waals surface area contributed by atoms with Crippen LogP contribution in [0.5, 0.6) is 0 Å². The average Bonchev–Trinajstić information content (AvgIpc) is 3.18. The molecule has 2 saturated heterocycles. The van der Waals surface area contributed by atoms with Crippen LogP contribution in [0.4, 0.5) is 19.3 Å². The summed E-state index contributed by atoms with van der Waals surface area (Å²) in [5.74, 6) is -2.83. The molecule has 0 aliphatic carbocycles. The molecular weight excluding hydrogens is 502 g/mol. The predicted molar refractivity (Wildman–Crippen MR) is 136 cm³/mol. The van der Waals surface area contributed by atoms with Gasteiger partial charge in [0.25, 0.3) is 0 Å². The van der Waals surface area contributed by atoms with Crippen LogP contribution in [0.3, 0.4) is 0 Å². The molecule has 0 atom stereocenters. The molecule has 0 aromatic heterocycles. The number of carbonyl (C=O) groups is 2. The lowest BCUT2D eigenvalue weighted by atomic mass is 9.90. The number of carbonyl (C=O) groups excluding carboxylic acids is 1. The number of rotatable bonds is 5. The summed E-state index contributed by atoms with van der Waals surface area (Å²) in [6, 6.07) is 13.8. The van der Waals surface area contributed by atoms with Crippen molar-refractivity contribution in [2.24, 2.45) is 0 Å². The van der Waals surface area contributed by atoms with Crippen LogP contribution < -0.4 is 4.90 Å². The smallest absolute Gasteiger partial charge is 0.415 e. The van der Waals surface area contributed by atoms with Gasteiger partial charge in [-0.15, -0.1) is 0 Å². The second-order valence-electron chi connectivity index (χ2n) is 9.66. The van der Waals surface area contributed by atoms with Crippen LogP contribution in [-0.2, 0) is 11.3 Å². The maximum Gasteiger partial charge on any atom is 0.415 e. The van der Waals surface area contributed by atoms with E-state index in [4.69, 9.17) is 21.4 Å². The third kappa shape index (κ3) is 5.04. The molecule has 0 saturated carbocycles. The molecule has 2 aliphatic rings. The topological polar surface area (TPSA) is 70.1 Å². The first kappa shape index (κ1) is 25.2. The summed E-state index contributed by atoms with van der Waals surface area (Å²) in [5.41, 5.74) is 3.27. The first-order valence-corrected chi connectivity index (χ1v) is 12.3. The first-order chi connectivity index (χ1) is 17.6. The molecule has 3 aromatic rings. The SMILES string of the molecule is Cc1cc(CN2CCC3(CC2)CN(c2ccc(C(=O)O)cc2)C(=O)O3)cc(Cl)c1-c1ccc(F)c(F)c1. The minimum absolute atomic E-state index is 0.160. The molecule has 2 fully saturated rings. The molecule has 1 N–H and O–H groups in total. The maximum absolute atomic E-state index is 13.8. The van der Waals surface area contributed by atoms with Gasteiger partial charge in [0, 0.05) is 48.7 Å². The van der Waals surface area contributed by atoms with Crippen molar-refractivity contribution in [2.75, 3.05) is 24.5 Å². The second-order valence-corrected chi connectivity index (χ2v) is 10.1. The lowest BCUT2D eigenvalue weighted by molar-refractivity contribution is -0.000983. The zero-order valence-electron chi connectivity index (χ0n) is 20.1. The van der Waals surface area contributed by atoms with Crippen molar-refractivity contribution >= 4 is 29.4 Å². The van der Waals surface area contributed by atoms with Gasteiger partial charge in [0.1, 0.15) is 5.60 Å². The standard InChI is InChI=1S/C28H25ClF2N2O4/c1-17-12-18(13-22(29)25(17)20-4-7-23(30)24(31)14-20)15-32-10-8-28(9-11-32)16-33(27(36)37-28)21-5-2-19(3-6-21)26(34)35/h2-7,12-14H,8-11,15-16H2,1H3,(H,34,35). The molecular formula is C28H25ClF2N2O4. The quantitative estimate of drug-likeness (QED) is 0.423. The highest BCUT2D eigenvalue weighted by Gasteiger charge is 2.47. The average molecular weight is 527 g/mol. The fourth-order valence-electron chi connectivity index (χ4n) is 5.17. The Hall–Kier alpha value is -3.49. The summed E-state index contributed by atoms with van der Waals surface area (Å²) in [6.07, 6.45) is 0.913. The molecule has 5 rings (SSSR count). The van der Waals surface area contributed by atoms with Crippen molar-refractivity contribution in [3.8, 4) is 11.1 Å². The van der Waals surface area contributed by atoms with Crippen LogP contribution in [0, 0.1) is 18.6 Å². The van der Waals surface area contributed by atoms with Crippen LogP contribution >= 0.6 is 11.6 Å². The van der Waals surface area contributed by atoms with Gasteiger partial charge in [-0.25, -0.2) is 18.4 Å². The Kier molecular flexibility index (Phi) is 6.64. The van der Waals surface area contributed by atoms with Gasteiger partial charge in [0.05, 0.1) is 12.1 Å². The Morgan fingerprint density at radius 3 is 2.38 bits per heavy atom. The van der Waals surface area contributed by atoms with Crippen LogP contribution in [-0.4, -0.2) is 47.3 Å². The third-order valence-electron chi connectivity index (χ3n) is 7.13. The Bertz CT molecular complexity index is 1350. The first-order valence-electron chi connectivity index (χ1n) is 11.9. The van der Waals surface area contributed by atoms with E-state index >= 15 is 0 Å². The molecule has 192 valence electrons. The van der Waals surface area contributed by atoms with Gasteiger partial charge < -0.3 is 9.84 Å². The van der Waals surface area contributed by atoms with Gasteiger partial charge in [0.15, 0.2) is 11.6 Å². The minimum atomic E-state index is -1.02. The van der Waals surface area contributed by atoms with Crippen molar-refractivity contribution in [3.05, 3.63) is 87.9 Å². The molecule has 2 aliphatic heterocycles. The van der Waals surface area contributed by atoms with Gasteiger partial charge in [-0.1, -0.05) is 23.7 Å². The number of likely N-dealkylation sites (tertiary alicyclic amines) is 1. The van der Waals surface area contributed by atoms with E-state index in [9.17, 15) is 18.4 Å². The molecule has 9 heteroatoms. The Labute approximate surface area is 218 Å². The number of hydrogen-bond acceptors (Lipinski definition) is 4. The Morgan fingerprint density at radius 1 is 1.05 bits per heavy atom. The highest BCUT2D eigenvalue weighted by atomic mass is 35.5. The number of carboxylic acids is 1. The molecule has 1 amide bonds. The zero-order chi connectivity index (χ0) is 26.3. The zero-order valence-corrected chi connectivity index (χ0v) is 20.9. The number of piperidine rings is 1. The number of amides is 1. The highest BCUT2D eigenvalue weighted by molar-refractivity contribution is 6.33. The van der Waals surface area contributed by atoms with E-state index in [0.29, 0.717) is 47.8 Å². The third-order valence-corrected chi connectivity index (χ3v) is 7.42. The number of aromatic carboxylic acids is 1. The van der Waals surface area contributed by atoms with Gasteiger partial charge in [-0.05, 0) is 66.1 Å². The summed E-state index contributed by atoms with van der Waals surface area (Å²) >= 11 is 6.56. The summed E-state index contributed by atoms with van der Waals surface area (Å²) in [7, 11) is 0. The van der Waals surface area contributed by atoms with Crippen molar-refractivity contribution in [1.29, 1.82) is 0 Å². The molecule has 1 spiro atoms. The minimum Gasteiger partial charge on any atom is -0.478 e. The number of benzene rings is 3.